The Bertz CT molecular complexity index is 364. The second kappa shape index (κ2) is 7.65. The molecular formula is C15H25ClN2. The zero-order chi connectivity index (χ0) is 13.5. The van der Waals surface area contributed by atoms with Crippen LogP contribution in [0.4, 0.5) is 5.69 Å². The number of nitrogens with two attached hydrogens (primary N) is 1. The highest BCUT2D eigenvalue weighted by Gasteiger charge is 2.11. The van der Waals surface area contributed by atoms with Gasteiger partial charge in [-0.2, -0.15) is 0 Å². The number of hydrogen-bond donors (Lipinski definition) is 1. The zero-order valence-corrected chi connectivity index (χ0v) is 12.5. The second-order valence-electron chi connectivity index (χ2n) is 5.12. The van der Waals surface area contributed by atoms with Crippen molar-refractivity contribution in [2.45, 2.75) is 52.6 Å². The number of anilines is 1. The first kappa shape index (κ1) is 15.3. The lowest BCUT2D eigenvalue weighted by molar-refractivity contribution is 0.208. The summed E-state index contributed by atoms with van der Waals surface area (Å²) in [7, 11) is 0. The highest BCUT2D eigenvalue weighted by atomic mass is 35.5. The van der Waals surface area contributed by atoms with E-state index >= 15 is 0 Å². The number of rotatable bonds is 7. The van der Waals surface area contributed by atoms with E-state index in [9.17, 15) is 0 Å². The summed E-state index contributed by atoms with van der Waals surface area (Å²) in [5.74, 6) is 0. The molecule has 18 heavy (non-hydrogen) atoms. The van der Waals surface area contributed by atoms with E-state index < -0.39 is 0 Å². The maximum absolute atomic E-state index is 6.22. The molecule has 1 aromatic rings. The minimum absolute atomic E-state index is 0.527. The first-order chi connectivity index (χ1) is 8.54. The lowest BCUT2D eigenvalue weighted by atomic mass is 10.1. The van der Waals surface area contributed by atoms with E-state index in [1.165, 1.54) is 19.3 Å². The van der Waals surface area contributed by atoms with Crippen LogP contribution in [0.2, 0.25) is 5.02 Å². The molecule has 3 heteroatoms. The van der Waals surface area contributed by atoms with Crippen LogP contribution in [0.3, 0.4) is 0 Å². The van der Waals surface area contributed by atoms with Gasteiger partial charge in [-0.05, 0) is 50.6 Å². The van der Waals surface area contributed by atoms with Gasteiger partial charge < -0.3 is 5.73 Å². The molecule has 0 aromatic heterocycles. The molecule has 0 aliphatic heterocycles. The van der Waals surface area contributed by atoms with Crippen molar-refractivity contribution in [3.05, 3.63) is 28.8 Å². The predicted octanol–water partition coefficient (Wildman–Crippen LogP) is 4.32. The van der Waals surface area contributed by atoms with Crippen LogP contribution in [0.5, 0.6) is 0 Å². The minimum Gasteiger partial charge on any atom is -0.399 e. The van der Waals surface area contributed by atoms with Crippen LogP contribution < -0.4 is 5.73 Å². The lowest BCUT2D eigenvalue weighted by Crippen LogP contribution is -2.31. The van der Waals surface area contributed by atoms with Crippen LogP contribution in [0, 0.1) is 0 Å². The summed E-state index contributed by atoms with van der Waals surface area (Å²) in [6, 6.07) is 6.25. The summed E-state index contributed by atoms with van der Waals surface area (Å²) >= 11 is 6.22. The van der Waals surface area contributed by atoms with E-state index in [0.717, 1.165) is 29.4 Å². The Morgan fingerprint density at radius 3 is 2.61 bits per heavy atom. The molecule has 0 aliphatic rings. The van der Waals surface area contributed by atoms with E-state index in [1.54, 1.807) is 0 Å². The van der Waals surface area contributed by atoms with Crippen molar-refractivity contribution in [3.8, 4) is 0 Å². The van der Waals surface area contributed by atoms with Gasteiger partial charge in [0.2, 0.25) is 0 Å². The largest absolute Gasteiger partial charge is 0.399 e. The third-order valence-corrected chi connectivity index (χ3v) is 3.59. The molecule has 0 amide bonds. The van der Waals surface area contributed by atoms with Gasteiger partial charge in [0, 0.05) is 23.3 Å². The van der Waals surface area contributed by atoms with Crippen LogP contribution in [-0.2, 0) is 6.54 Å². The van der Waals surface area contributed by atoms with Crippen LogP contribution >= 0.6 is 11.6 Å². The number of nitrogens with zero attached hydrogens (tertiary/aromatic N) is 1. The number of halogens is 1. The molecule has 0 saturated heterocycles. The molecular weight excluding hydrogens is 244 g/mol. The molecule has 1 aromatic carbocycles. The molecule has 1 rings (SSSR count). The first-order valence-corrected chi connectivity index (χ1v) is 7.20. The van der Waals surface area contributed by atoms with Crippen LogP contribution in [0.25, 0.3) is 0 Å². The van der Waals surface area contributed by atoms with Crippen LogP contribution in [0.1, 0.15) is 45.6 Å². The van der Waals surface area contributed by atoms with Crippen molar-refractivity contribution in [1.82, 2.24) is 4.90 Å². The van der Waals surface area contributed by atoms with Gasteiger partial charge >= 0.3 is 0 Å². The van der Waals surface area contributed by atoms with E-state index in [1.807, 2.05) is 18.2 Å². The Labute approximate surface area is 116 Å². The maximum atomic E-state index is 6.22. The summed E-state index contributed by atoms with van der Waals surface area (Å²) < 4.78 is 0. The molecule has 0 heterocycles. The Morgan fingerprint density at radius 2 is 2.00 bits per heavy atom. The normalized spacial score (nSPS) is 11.4. The summed E-state index contributed by atoms with van der Waals surface area (Å²) in [6.07, 6.45) is 3.79. The van der Waals surface area contributed by atoms with Crippen molar-refractivity contribution in [2.75, 3.05) is 12.3 Å². The summed E-state index contributed by atoms with van der Waals surface area (Å²) in [4.78, 5) is 2.45. The molecule has 0 radical (unpaired) electrons. The number of nitrogen functional groups attached to an aromatic ring is 1. The Balaban J connectivity index is 2.67. The number of hydrogen-bond acceptors (Lipinski definition) is 2. The average Bonchev–Trinajstić information content (AvgIpc) is 2.32. The highest BCUT2D eigenvalue weighted by molar-refractivity contribution is 6.31. The second-order valence-corrected chi connectivity index (χ2v) is 5.53. The Morgan fingerprint density at radius 1 is 1.28 bits per heavy atom. The smallest absolute Gasteiger partial charge is 0.0452 e. The standard InChI is InChI=1S/C15H25ClN2/c1-4-5-6-9-18(12(2)3)11-13-10-14(17)7-8-15(13)16/h7-8,10,12H,4-6,9,11,17H2,1-3H3. The Kier molecular flexibility index (Phi) is 6.51. The zero-order valence-electron chi connectivity index (χ0n) is 11.7. The van der Waals surface area contributed by atoms with Crippen molar-refractivity contribution >= 4 is 17.3 Å². The van der Waals surface area contributed by atoms with Gasteiger partial charge in [-0.3, -0.25) is 4.90 Å². The van der Waals surface area contributed by atoms with Gasteiger partial charge in [0.05, 0.1) is 0 Å². The third kappa shape index (κ3) is 4.87. The number of unbranched alkanes of at least 4 members (excludes halogenated alkanes) is 2. The van der Waals surface area contributed by atoms with Crippen molar-refractivity contribution in [3.63, 3.8) is 0 Å². The van der Waals surface area contributed by atoms with Crippen LogP contribution in [0.15, 0.2) is 18.2 Å². The van der Waals surface area contributed by atoms with Crippen molar-refractivity contribution < 1.29 is 0 Å². The fourth-order valence-corrected chi connectivity index (χ4v) is 2.20. The molecule has 0 bridgehead atoms. The monoisotopic (exact) mass is 268 g/mol. The number of benzene rings is 1. The van der Waals surface area contributed by atoms with E-state index in [-0.39, 0.29) is 0 Å². The summed E-state index contributed by atoms with van der Waals surface area (Å²) in [6.45, 7) is 8.69. The minimum atomic E-state index is 0.527. The van der Waals surface area contributed by atoms with Gasteiger partial charge in [-0.25, -0.2) is 0 Å². The molecule has 102 valence electrons. The van der Waals surface area contributed by atoms with Crippen molar-refractivity contribution in [1.29, 1.82) is 0 Å². The van der Waals surface area contributed by atoms with Gasteiger partial charge in [0.1, 0.15) is 0 Å². The molecule has 2 N–H and O–H groups in total. The lowest BCUT2D eigenvalue weighted by Gasteiger charge is -2.27. The van der Waals surface area contributed by atoms with Crippen molar-refractivity contribution in [2.24, 2.45) is 0 Å². The van der Waals surface area contributed by atoms with E-state index in [4.69, 9.17) is 17.3 Å². The first-order valence-electron chi connectivity index (χ1n) is 6.82. The highest BCUT2D eigenvalue weighted by Crippen LogP contribution is 2.21. The topological polar surface area (TPSA) is 29.3 Å². The summed E-state index contributed by atoms with van der Waals surface area (Å²) in [5.41, 5.74) is 7.73. The van der Waals surface area contributed by atoms with E-state index in [2.05, 4.69) is 25.7 Å². The molecule has 0 spiro atoms. The molecule has 0 aliphatic carbocycles. The van der Waals surface area contributed by atoms with Gasteiger partial charge in [0.15, 0.2) is 0 Å². The van der Waals surface area contributed by atoms with Gasteiger partial charge in [-0.1, -0.05) is 31.4 Å². The predicted molar refractivity (Wildman–Crippen MR) is 80.9 cm³/mol. The fourth-order valence-electron chi connectivity index (χ4n) is 2.02. The van der Waals surface area contributed by atoms with E-state index in [0.29, 0.717) is 6.04 Å². The molecule has 0 unspecified atom stereocenters. The summed E-state index contributed by atoms with van der Waals surface area (Å²) in [5, 5.41) is 0.811. The molecule has 0 fully saturated rings. The van der Waals surface area contributed by atoms with Crippen LogP contribution in [-0.4, -0.2) is 17.5 Å². The average molecular weight is 269 g/mol. The molecule has 0 saturated carbocycles. The Hall–Kier alpha value is -0.730. The quantitative estimate of drug-likeness (QED) is 0.589. The van der Waals surface area contributed by atoms with Gasteiger partial charge in [0.25, 0.3) is 0 Å². The van der Waals surface area contributed by atoms with Gasteiger partial charge in [-0.15, -0.1) is 0 Å². The SMILES string of the molecule is CCCCCN(Cc1cc(N)ccc1Cl)C(C)C. The third-order valence-electron chi connectivity index (χ3n) is 3.22. The maximum Gasteiger partial charge on any atom is 0.0452 e. The molecule has 2 nitrogen and oxygen atoms in total. The molecule has 0 atom stereocenters. The fraction of sp³-hybridized carbons (Fsp3) is 0.600.